The Morgan fingerprint density at radius 2 is 1.95 bits per heavy atom. The van der Waals surface area contributed by atoms with E-state index in [-0.39, 0.29) is 6.61 Å². The molecule has 4 heteroatoms. The van der Waals surface area contributed by atoms with Gasteiger partial charge in [-0.25, -0.2) is 0 Å². The predicted octanol–water partition coefficient (Wildman–Crippen LogP) is 1.88. The summed E-state index contributed by atoms with van der Waals surface area (Å²) in [5, 5.41) is 8.95. The number of hydrogen-bond acceptors (Lipinski definition) is 4. The number of nitrogens with zero attached hydrogens (tertiary/aromatic N) is 1. The van der Waals surface area contributed by atoms with E-state index < -0.39 is 0 Å². The second-order valence-electron chi connectivity index (χ2n) is 5.12. The highest BCUT2D eigenvalue weighted by Gasteiger charge is 2.24. The van der Waals surface area contributed by atoms with Gasteiger partial charge in [0.25, 0.3) is 0 Å². The van der Waals surface area contributed by atoms with Crippen LogP contribution in [0.25, 0.3) is 0 Å². The summed E-state index contributed by atoms with van der Waals surface area (Å²) in [5.74, 6) is 0.866. The van der Waals surface area contributed by atoms with Gasteiger partial charge in [0.2, 0.25) is 0 Å². The molecule has 1 fully saturated rings. The highest BCUT2D eigenvalue weighted by molar-refractivity contribution is 5.41. The Hall–Kier alpha value is -1.26. The van der Waals surface area contributed by atoms with E-state index in [9.17, 15) is 0 Å². The number of anilines is 1. The molecule has 4 nitrogen and oxygen atoms in total. The van der Waals surface area contributed by atoms with Gasteiger partial charge >= 0.3 is 0 Å². The standard InChI is InChI=1S/C15H24N2O2/c16-13-5-7-15(8-6-13)19-12-10-17(9-2-11-18)14-3-1-4-14/h5-8,14,18H,1-4,9-12,16H2. The van der Waals surface area contributed by atoms with Crippen LogP contribution in [0.15, 0.2) is 24.3 Å². The largest absolute Gasteiger partial charge is 0.492 e. The van der Waals surface area contributed by atoms with Gasteiger partial charge in [-0.2, -0.15) is 0 Å². The third kappa shape index (κ3) is 4.40. The zero-order chi connectivity index (χ0) is 13.5. The SMILES string of the molecule is Nc1ccc(OCCN(CCCO)C2CCC2)cc1. The van der Waals surface area contributed by atoms with Gasteiger partial charge in [0, 0.05) is 31.4 Å². The quantitative estimate of drug-likeness (QED) is 0.704. The maximum atomic E-state index is 8.95. The summed E-state index contributed by atoms with van der Waals surface area (Å²) < 4.78 is 5.73. The van der Waals surface area contributed by atoms with Gasteiger partial charge in [0.1, 0.15) is 12.4 Å². The van der Waals surface area contributed by atoms with Crippen molar-refractivity contribution in [2.24, 2.45) is 0 Å². The van der Waals surface area contributed by atoms with Crippen molar-refractivity contribution < 1.29 is 9.84 Å². The van der Waals surface area contributed by atoms with E-state index in [4.69, 9.17) is 15.6 Å². The van der Waals surface area contributed by atoms with Crippen molar-refractivity contribution in [1.82, 2.24) is 4.90 Å². The van der Waals surface area contributed by atoms with E-state index in [1.165, 1.54) is 19.3 Å². The third-order valence-electron chi connectivity index (χ3n) is 3.72. The van der Waals surface area contributed by atoms with Crippen LogP contribution in [-0.2, 0) is 0 Å². The number of benzene rings is 1. The summed E-state index contributed by atoms with van der Waals surface area (Å²) >= 11 is 0. The van der Waals surface area contributed by atoms with Crippen LogP contribution in [0.1, 0.15) is 25.7 Å². The summed E-state index contributed by atoms with van der Waals surface area (Å²) in [5.41, 5.74) is 6.39. The maximum absolute atomic E-state index is 8.95. The summed E-state index contributed by atoms with van der Waals surface area (Å²) in [6, 6.07) is 8.20. The average Bonchev–Trinajstić information content (AvgIpc) is 2.36. The number of ether oxygens (including phenoxy) is 1. The van der Waals surface area contributed by atoms with Crippen LogP contribution in [0.4, 0.5) is 5.69 Å². The van der Waals surface area contributed by atoms with E-state index in [0.29, 0.717) is 12.6 Å². The van der Waals surface area contributed by atoms with E-state index in [2.05, 4.69) is 4.90 Å². The van der Waals surface area contributed by atoms with Crippen LogP contribution in [0.2, 0.25) is 0 Å². The molecule has 0 radical (unpaired) electrons. The number of nitrogens with two attached hydrogens (primary N) is 1. The van der Waals surface area contributed by atoms with Crippen LogP contribution in [0.5, 0.6) is 5.75 Å². The number of rotatable bonds is 8. The molecule has 1 aromatic rings. The summed E-state index contributed by atoms with van der Waals surface area (Å²) in [7, 11) is 0. The molecule has 19 heavy (non-hydrogen) atoms. The van der Waals surface area contributed by atoms with E-state index >= 15 is 0 Å². The molecule has 0 unspecified atom stereocenters. The van der Waals surface area contributed by atoms with Crippen LogP contribution in [0, 0.1) is 0 Å². The second-order valence-corrected chi connectivity index (χ2v) is 5.12. The van der Waals surface area contributed by atoms with Gasteiger partial charge in [-0.3, -0.25) is 4.90 Å². The van der Waals surface area contributed by atoms with Crippen molar-refractivity contribution in [2.75, 3.05) is 32.0 Å². The fraction of sp³-hybridized carbons (Fsp3) is 0.600. The first-order chi connectivity index (χ1) is 9.29. The van der Waals surface area contributed by atoms with Crippen molar-refractivity contribution in [3.63, 3.8) is 0 Å². The Labute approximate surface area is 115 Å². The second kappa shape index (κ2) is 7.36. The molecule has 0 aromatic heterocycles. The Bertz CT molecular complexity index is 363. The van der Waals surface area contributed by atoms with Gasteiger partial charge in [0.05, 0.1) is 0 Å². The average molecular weight is 264 g/mol. The van der Waals surface area contributed by atoms with Crippen molar-refractivity contribution in [3.8, 4) is 5.75 Å². The molecule has 3 N–H and O–H groups in total. The van der Waals surface area contributed by atoms with Crippen molar-refractivity contribution >= 4 is 5.69 Å². The number of aliphatic hydroxyl groups excluding tert-OH is 1. The first-order valence-electron chi connectivity index (χ1n) is 7.13. The zero-order valence-corrected chi connectivity index (χ0v) is 11.4. The Balaban J connectivity index is 1.73. The molecular formula is C15H24N2O2. The van der Waals surface area contributed by atoms with Crippen molar-refractivity contribution in [1.29, 1.82) is 0 Å². The lowest BCUT2D eigenvalue weighted by Crippen LogP contribution is -2.43. The van der Waals surface area contributed by atoms with E-state index in [1.807, 2.05) is 24.3 Å². The topological polar surface area (TPSA) is 58.7 Å². The fourth-order valence-corrected chi connectivity index (χ4v) is 2.35. The fourth-order valence-electron chi connectivity index (χ4n) is 2.35. The summed E-state index contributed by atoms with van der Waals surface area (Å²) in [4.78, 5) is 2.44. The number of aliphatic hydroxyl groups is 1. The van der Waals surface area contributed by atoms with E-state index in [0.717, 1.165) is 30.9 Å². The molecular weight excluding hydrogens is 240 g/mol. The first kappa shape index (κ1) is 14.2. The molecule has 0 amide bonds. The van der Waals surface area contributed by atoms with Gasteiger partial charge in [-0.15, -0.1) is 0 Å². The van der Waals surface area contributed by atoms with Crippen molar-refractivity contribution in [3.05, 3.63) is 24.3 Å². The predicted molar refractivity (Wildman–Crippen MR) is 77.3 cm³/mol. The molecule has 0 bridgehead atoms. The summed E-state index contributed by atoms with van der Waals surface area (Å²) in [6.45, 7) is 2.84. The number of hydrogen-bond donors (Lipinski definition) is 2. The highest BCUT2D eigenvalue weighted by Crippen LogP contribution is 2.24. The third-order valence-corrected chi connectivity index (χ3v) is 3.72. The molecule has 2 rings (SSSR count). The lowest BCUT2D eigenvalue weighted by molar-refractivity contribution is 0.0984. The van der Waals surface area contributed by atoms with Gasteiger partial charge < -0.3 is 15.6 Å². The smallest absolute Gasteiger partial charge is 0.119 e. The Kier molecular flexibility index (Phi) is 5.48. The molecule has 0 saturated heterocycles. The molecule has 106 valence electrons. The minimum atomic E-state index is 0.266. The van der Waals surface area contributed by atoms with Gasteiger partial charge in [-0.05, 0) is 43.5 Å². The van der Waals surface area contributed by atoms with E-state index in [1.54, 1.807) is 0 Å². The molecule has 1 aliphatic rings. The molecule has 1 aliphatic carbocycles. The highest BCUT2D eigenvalue weighted by atomic mass is 16.5. The molecule has 0 heterocycles. The van der Waals surface area contributed by atoms with Gasteiger partial charge in [0.15, 0.2) is 0 Å². The van der Waals surface area contributed by atoms with Gasteiger partial charge in [-0.1, -0.05) is 6.42 Å². The minimum Gasteiger partial charge on any atom is -0.492 e. The monoisotopic (exact) mass is 264 g/mol. The lowest BCUT2D eigenvalue weighted by Gasteiger charge is -2.37. The normalized spacial score (nSPS) is 15.5. The molecule has 0 aliphatic heterocycles. The zero-order valence-electron chi connectivity index (χ0n) is 11.4. The van der Waals surface area contributed by atoms with Crippen LogP contribution >= 0.6 is 0 Å². The lowest BCUT2D eigenvalue weighted by atomic mass is 9.91. The molecule has 0 atom stereocenters. The maximum Gasteiger partial charge on any atom is 0.119 e. The number of nitrogen functional groups attached to an aromatic ring is 1. The molecule has 1 saturated carbocycles. The Morgan fingerprint density at radius 3 is 2.53 bits per heavy atom. The van der Waals surface area contributed by atoms with Crippen molar-refractivity contribution in [2.45, 2.75) is 31.7 Å². The molecule has 0 spiro atoms. The molecule has 1 aromatic carbocycles. The Morgan fingerprint density at radius 1 is 1.21 bits per heavy atom. The van der Waals surface area contributed by atoms with Crippen LogP contribution in [-0.4, -0.2) is 42.4 Å². The minimum absolute atomic E-state index is 0.266. The van der Waals surface area contributed by atoms with Crippen LogP contribution < -0.4 is 10.5 Å². The summed E-state index contributed by atoms with van der Waals surface area (Å²) in [6.07, 6.45) is 4.75. The van der Waals surface area contributed by atoms with Crippen LogP contribution in [0.3, 0.4) is 0 Å². The first-order valence-corrected chi connectivity index (χ1v) is 7.13.